The Morgan fingerprint density at radius 2 is 1.79 bits per heavy atom. The number of hydrogen-bond acceptors (Lipinski definition) is 3. The molecule has 2 amide bonds. The summed E-state index contributed by atoms with van der Waals surface area (Å²) in [5, 5.41) is 2.51. The van der Waals surface area contributed by atoms with E-state index >= 15 is 0 Å². The molecule has 2 aromatic rings. The lowest BCUT2D eigenvalue weighted by Gasteiger charge is -2.36. The van der Waals surface area contributed by atoms with Gasteiger partial charge in [-0.05, 0) is 36.8 Å². The first kappa shape index (κ1) is 19.8. The van der Waals surface area contributed by atoms with Crippen molar-refractivity contribution in [2.75, 3.05) is 37.6 Å². The number of hydrogen-bond donors (Lipinski definition) is 1. The van der Waals surface area contributed by atoms with Crippen molar-refractivity contribution in [3.05, 3.63) is 65.2 Å². The summed E-state index contributed by atoms with van der Waals surface area (Å²) in [6, 6.07) is 11.0. The Morgan fingerprint density at radius 1 is 1.04 bits per heavy atom. The molecule has 2 aromatic carbocycles. The lowest BCUT2D eigenvalue weighted by atomic mass is 10.2. The van der Waals surface area contributed by atoms with Gasteiger partial charge in [0.05, 0.1) is 5.56 Å². The highest BCUT2D eigenvalue weighted by molar-refractivity contribution is 5.94. The van der Waals surface area contributed by atoms with Gasteiger partial charge in [0.15, 0.2) is 0 Å². The number of benzene rings is 2. The van der Waals surface area contributed by atoms with Crippen LogP contribution in [0, 0.1) is 18.6 Å². The third-order valence-electron chi connectivity index (χ3n) is 4.80. The number of carbonyl (C=O) groups is 2. The summed E-state index contributed by atoms with van der Waals surface area (Å²) in [5.74, 6) is -2.37. The second kappa shape index (κ2) is 8.82. The van der Waals surface area contributed by atoms with E-state index in [1.165, 1.54) is 5.56 Å². The van der Waals surface area contributed by atoms with Gasteiger partial charge in [0.25, 0.3) is 5.91 Å². The van der Waals surface area contributed by atoms with Crippen molar-refractivity contribution in [1.29, 1.82) is 0 Å². The van der Waals surface area contributed by atoms with Crippen LogP contribution < -0.4 is 10.2 Å². The van der Waals surface area contributed by atoms with E-state index in [-0.39, 0.29) is 24.4 Å². The van der Waals surface area contributed by atoms with E-state index in [2.05, 4.69) is 35.3 Å². The Bertz CT molecular complexity index is 864. The zero-order valence-electron chi connectivity index (χ0n) is 15.8. The average Bonchev–Trinajstić information content (AvgIpc) is 2.68. The molecule has 0 aromatic heterocycles. The highest BCUT2D eigenvalue weighted by Gasteiger charge is 2.21. The van der Waals surface area contributed by atoms with Crippen molar-refractivity contribution in [2.24, 2.45) is 0 Å². The largest absolute Gasteiger partial charge is 0.368 e. The molecular formula is C21H23F2N3O2. The first-order valence-corrected chi connectivity index (χ1v) is 9.26. The van der Waals surface area contributed by atoms with Gasteiger partial charge >= 0.3 is 0 Å². The van der Waals surface area contributed by atoms with Crippen LogP contribution in [0.1, 0.15) is 22.3 Å². The van der Waals surface area contributed by atoms with Crippen LogP contribution >= 0.6 is 0 Å². The van der Waals surface area contributed by atoms with Gasteiger partial charge in [-0.2, -0.15) is 0 Å². The van der Waals surface area contributed by atoms with Crippen LogP contribution in [0.4, 0.5) is 14.5 Å². The second-order valence-electron chi connectivity index (χ2n) is 6.84. The summed E-state index contributed by atoms with van der Waals surface area (Å²) in [6.07, 6.45) is 0.138. The zero-order chi connectivity index (χ0) is 20.1. The summed E-state index contributed by atoms with van der Waals surface area (Å²) >= 11 is 0. The van der Waals surface area contributed by atoms with E-state index in [0.29, 0.717) is 19.2 Å². The van der Waals surface area contributed by atoms with Gasteiger partial charge in [-0.1, -0.05) is 12.1 Å². The third kappa shape index (κ3) is 4.85. The Labute approximate surface area is 162 Å². The Balaban J connectivity index is 1.44. The molecule has 0 unspecified atom stereocenters. The number of carbonyl (C=O) groups excluding carboxylic acids is 2. The Kier molecular flexibility index (Phi) is 6.23. The molecule has 1 aliphatic rings. The van der Waals surface area contributed by atoms with E-state index in [4.69, 9.17) is 0 Å². The number of halogens is 2. The minimum absolute atomic E-state index is 0.0521. The fraction of sp³-hybridized carbons (Fsp3) is 0.333. The van der Waals surface area contributed by atoms with Crippen LogP contribution in [0.3, 0.4) is 0 Å². The molecule has 1 saturated heterocycles. The summed E-state index contributed by atoms with van der Waals surface area (Å²) in [5.41, 5.74) is 2.12. The highest BCUT2D eigenvalue weighted by Crippen LogP contribution is 2.18. The molecular weight excluding hydrogens is 364 g/mol. The number of piperazine rings is 1. The predicted octanol–water partition coefficient (Wildman–Crippen LogP) is 2.74. The summed E-state index contributed by atoms with van der Waals surface area (Å²) < 4.78 is 26.5. The van der Waals surface area contributed by atoms with Gasteiger partial charge < -0.3 is 15.1 Å². The van der Waals surface area contributed by atoms with Crippen LogP contribution in [-0.4, -0.2) is 49.4 Å². The minimum atomic E-state index is -0.920. The van der Waals surface area contributed by atoms with Crippen molar-refractivity contribution >= 4 is 17.5 Å². The van der Waals surface area contributed by atoms with Gasteiger partial charge in [0, 0.05) is 50.9 Å². The smallest absolute Gasteiger partial charge is 0.254 e. The number of anilines is 1. The highest BCUT2D eigenvalue weighted by atomic mass is 19.1. The van der Waals surface area contributed by atoms with E-state index in [0.717, 1.165) is 30.9 Å². The maximum Gasteiger partial charge on any atom is 0.254 e. The molecule has 0 radical (unpaired) electrons. The molecule has 5 nitrogen and oxygen atoms in total. The number of aryl methyl sites for hydroxylation is 1. The molecule has 148 valence electrons. The normalized spacial score (nSPS) is 14.1. The molecule has 0 bridgehead atoms. The predicted molar refractivity (Wildman–Crippen MR) is 103 cm³/mol. The standard InChI is InChI=1S/C21H23F2N3O2/c1-15-3-2-4-17(13-15)25-9-11-26(12-10-25)20(27)7-8-24-21(28)18-6-5-16(22)14-19(18)23/h2-6,13-14H,7-12H2,1H3,(H,24,28). The first-order valence-electron chi connectivity index (χ1n) is 9.26. The van der Waals surface area contributed by atoms with Gasteiger partial charge in [0.1, 0.15) is 11.6 Å². The van der Waals surface area contributed by atoms with Crippen LogP contribution in [-0.2, 0) is 4.79 Å². The first-order chi connectivity index (χ1) is 13.4. The Morgan fingerprint density at radius 3 is 2.46 bits per heavy atom. The van der Waals surface area contributed by atoms with Gasteiger partial charge in [-0.15, -0.1) is 0 Å². The third-order valence-corrected chi connectivity index (χ3v) is 4.80. The van der Waals surface area contributed by atoms with E-state index in [1.54, 1.807) is 4.90 Å². The molecule has 28 heavy (non-hydrogen) atoms. The van der Waals surface area contributed by atoms with Crippen LogP contribution in [0.25, 0.3) is 0 Å². The number of amides is 2. The lowest BCUT2D eigenvalue weighted by Crippen LogP contribution is -2.49. The molecule has 0 aliphatic carbocycles. The Hall–Kier alpha value is -2.96. The second-order valence-corrected chi connectivity index (χ2v) is 6.84. The number of rotatable bonds is 5. The molecule has 3 rings (SSSR count). The summed E-state index contributed by atoms with van der Waals surface area (Å²) in [4.78, 5) is 28.3. The van der Waals surface area contributed by atoms with Gasteiger partial charge in [0.2, 0.25) is 5.91 Å². The van der Waals surface area contributed by atoms with Gasteiger partial charge in [-0.3, -0.25) is 9.59 Å². The number of nitrogens with one attached hydrogen (secondary N) is 1. The van der Waals surface area contributed by atoms with Crippen LogP contribution in [0.5, 0.6) is 0 Å². The van der Waals surface area contributed by atoms with Crippen LogP contribution in [0.15, 0.2) is 42.5 Å². The zero-order valence-corrected chi connectivity index (χ0v) is 15.8. The molecule has 0 spiro atoms. The van der Waals surface area contributed by atoms with Crippen molar-refractivity contribution in [3.63, 3.8) is 0 Å². The molecule has 1 aliphatic heterocycles. The molecule has 1 N–H and O–H groups in total. The van der Waals surface area contributed by atoms with Crippen molar-refractivity contribution < 1.29 is 18.4 Å². The molecule has 0 atom stereocenters. The molecule has 0 saturated carbocycles. The van der Waals surface area contributed by atoms with Crippen molar-refractivity contribution in [1.82, 2.24) is 10.2 Å². The molecule has 7 heteroatoms. The maximum atomic E-state index is 13.6. The maximum absolute atomic E-state index is 13.6. The van der Waals surface area contributed by atoms with Crippen molar-refractivity contribution in [3.8, 4) is 0 Å². The average molecular weight is 387 g/mol. The fourth-order valence-corrected chi connectivity index (χ4v) is 3.25. The minimum Gasteiger partial charge on any atom is -0.368 e. The summed E-state index contributed by atoms with van der Waals surface area (Å²) in [6.45, 7) is 4.90. The quantitative estimate of drug-likeness (QED) is 0.858. The number of nitrogens with zero attached hydrogens (tertiary/aromatic N) is 2. The topological polar surface area (TPSA) is 52.6 Å². The SMILES string of the molecule is Cc1cccc(N2CCN(C(=O)CCNC(=O)c3ccc(F)cc3F)CC2)c1. The van der Waals surface area contributed by atoms with Gasteiger partial charge in [-0.25, -0.2) is 8.78 Å². The van der Waals surface area contributed by atoms with E-state index < -0.39 is 17.5 Å². The van der Waals surface area contributed by atoms with Crippen molar-refractivity contribution in [2.45, 2.75) is 13.3 Å². The van der Waals surface area contributed by atoms with E-state index in [9.17, 15) is 18.4 Å². The van der Waals surface area contributed by atoms with E-state index in [1.807, 2.05) is 6.07 Å². The lowest BCUT2D eigenvalue weighted by molar-refractivity contribution is -0.131. The fourth-order valence-electron chi connectivity index (χ4n) is 3.25. The molecule has 1 heterocycles. The monoisotopic (exact) mass is 387 g/mol. The summed E-state index contributed by atoms with van der Waals surface area (Å²) in [7, 11) is 0. The van der Waals surface area contributed by atoms with Crippen LogP contribution in [0.2, 0.25) is 0 Å². The molecule has 1 fully saturated rings.